The number of anilines is 2. The Kier molecular flexibility index (Phi) is 6.63. The molecule has 4 heterocycles. The van der Waals surface area contributed by atoms with Crippen molar-refractivity contribution in [2.45, 2.75) is 19.4 Å². The lowest BCUT2D eigenvalue weighted by Crippen LogP contribution is -2.28. The van der Waals surface area contributed by atoms with Gasteiger partial charge in [-0.1, -0.05) is 30.3 Å². The van der Waals surface area contributed by atoms with E-state index in [4.69, 9.17) is 4.98 Å². The molecule has 2 aliphatic heterocycles. The number of nitrogens with zero attached hydrogens (tertiary/aromatic N) is 3. The summed E-state index contributed by atoms with van der Waals surface area (Å²) in [5.74, 6) is -0.483. The van der Waals surface area contributed by atoms with Crippen LogP contribution in [0.25, 0.3) is 20.8 Å². The molecule has 2 aliphatic rings. The highest BCUT2D eigenvalue weighted by Gasteiger charge is 2.36. The number of hydrogen-bond acceptors (Lipinski definition) is 6. The number of fused-ring (bicyclic) bond motifs is 2. The van der Waals surface area contributed by atoms with Crippen LogP contribution in [0.15, 0.2) is 54.6 Å². The first-order valence-electron chi connectivity index (χ1n) is 11.4. The summed E-state index contributed by atoms with van der Waals surface area (Å²) in [7, 11) is 2.13. The van der Waals surface area contributed by atoms with E-state index in [0.29, 0.717) is 6.54 Å². The first-order chi connectivity index (χ1) is 16.6. The first kappa shape index (κ1) is 23.9. The second kappa shape index (κ2) is 9.70. The molecule has 0 radical (unpaired) electrons. The number of benzene rings is 2. The summed E-state index contributed by atoms with van der Waals surface area (Å²) < 4.78 is 1.14. The van der Waals surface area contributed by atoms with Gasteiger partial charge in [0.05, 0.1) is 16.1 Å². The molecule has 2 amide bonds. The van der Waals surface area contributed by atoms with Crippen molar-refractivity contribution in [3.8, 4) is 10.6 Å². The SMILES string of the molecule is CN1CCc2c(sc(NC(=O)C3CC(=O)N(c4ccccc4)C3)c2-c2nc3ccccc3s2)C1.Cl. The topological polar surface area (TPSA) is 65.5 Å². The van der Waals surface area contributed by atoms with Gasteiger partial charge in [-0.25, -0.2) is 4.98 Å². The van der Waals surface area contributed by atoms with Crippen molar-refractivity contribution < 1.29 is 9.59 Å². The number of hydrogen-bond donors (Lipinski definition) is 1. The highest BCUT2D eigenvalue weighted by atomic mass is 35.5. The Morgan fingerprint density at radius 1 is 1.09 bits per heavy atom. The summed E-state index contributed by atoms with van der Waals surface area (Å²) in [4.78, 5) is 36.2. The van der Waals surface area contributed by atoms with E-state index in [9.17, 15) is 9.59 Å². The van der Waals surface area contributed by atoms with Gasteiger partial charge in [0.25, 0.3) is 0 Å². The molecule has 1 atom stereocenters. The van der Waals surface area contributed by atoms with E-state index < -0.39 is 0 Å². The maximum Gasteiger partial charge on any atom is 0.230 e. The van der Waals surface area contributed by atoms with Crippen molar-refractivity contribution in [1.82, 2.24) is 9.88 Å². The maximum atomic E-state index is 13.4. The number of thiophene rings is 1. The first-order valence-corrected chi connectivity index (χ1v) is 13.1. The van der Waals surface area contributed by atoms with Crippen molar-refractivity contribution in [3.63, 3.8) is 0 Å². The molecule has 4 aromatic rings. The molecule has 1 unspecified atom stereocenters. The summed E-state index contributed by atoms with van der Waals surface area (Å²) in [6, 6.07) is 17.7. The largest absolute Gasteiger partial charge is 0.317 e. The van der Waals surface area contributed by atoms with E-state index in [1.807, 2.05) is 48.5 Å². The predicted octanol–water partition coefficient (Wildman–Crippen LogP) is 5.43. The van der Waals surface area contributed by atoms with E-state index >= 15 is 0 Å². The lowest BCUT2D eigenvalue weighted by molar-refractivity contribution is -0.122. The van der Waals surface area contributed by atoms with Crippen molar-refractivity contribution in [2.75, 3.05) is 30.4 Å². The average Bonchev–Trinajstić information content (AvgIpc) is 3.53. The van der Waals surface area contributed by atoms with Crippen LogP contribution in [0.4, 0.5) is 10.7 Å². The summed E-state index contributed by atoms with van der Waals surface area (Å²) in [6.45, 7) is 2.26. The molecule has 6 nitrogen and oxygen atoms in total. The second-order valence-electron chi connectivity index (χ2n) is 8.91. The molecule has 0 aliphatic carbocycles. The third kappa shape index (κ3) is 4.47. The van der Waals surface area contributed by atoms with Gasteiger partial charge in [0, 0.05) is 42.2 Å². The van der Waals surface area contributed by atoms with Crippen molar-refractivity contribution >= 4 is 67.8 Å². The molecular formula is C26H25ClN4O2S2. The minimum atomic E-state index is -0.377. The summed E-state index contributed by atoms with van der Waals surface area (Å²) in [6.07, 6.45) is 1.16. The Bertz CT molecular complexity index is 1370. The minimum Gasteiger partial charge on any atom is -0.317 e. The van der Waals surface area contributed by atoms with Gasteiger partial charge in [0.15, 0.2) is 0 Å². The Morgan fingerprint density at radius 3 is 2.66 bits per heavy atom. The number of carbonyl (C=O) groups excluding carboxylic acids is 2. The van der Waals surface area contributed by atoms with Crippen LogP contribution < -0.4 is 10.2 Å². The maximum absolute atomic E-state index is 13.4. The van der Waals surface area contributed by atoms with Crippen LogP contribution in [0.1, 0.15) is 16.9 Å². The number of rotatable bonds is 4. The summed E-state index contributed by atoms with van der Waals surface area (Å²) in [5.41, 5.74) is 4.18. The van der Waals surface area contributed by atoms with E-state index in [1.165, 1.54) is 10.4 Å². The zero-order valence-corrected chi connectivity index (χ0v) is 21.6. The van der Waals surface area contributed by atoms with Crippen LogP contribution >= 0.6 is 35.1 Å². The lowest BCUT2D eigenvalue weighted by Gasteiger charge is -2.22. The van der Waals surface area contributed by atoms with Gasteiger partial charge in [-0.3, -0.25) is 9.59 Å². The third-order valence-electron chi connectivity index (χ3n) is 6.56. The molecule has 2 aromatic carbocycles. The number of nitrogens with one attached hydrogen (secondary N) is 1. The van der Waals surface area contributed by atoms with Gasteiger partial charge in [0.1, 0.15) is 10.0 Å². The molecule has 1 fully saturated rings. The smallest absolute Gasteiger partial charge is 0.230 e. The van der Waals surface area contributed by atoms with Crippen LogP contribution in [0, 0.1) is 5.92 Å². The fourth-order valence-electron chi connectivity index (χ4n) is 4.78. The molecule has 9 heteroatoms. The molecule has 0 spiro atoms. The van der Waals surface area contributed by atoms with Crippen molar-refractivity contribution in [2.24, 2.45) is 5.92 Å². The summed E-state index contributed by atoms with van der Waals surface area (Å²) in [5, 5.41) is 5.02. The monoisotopic (exact) mass is 524 g/mol. The molecule has 1 saturated heterocycles. The fourth-order valence-corrected chi connectivity index (χ4v) is 7.22. The van der Waals surface area contributed by atoms with Crippen LogP contribution in [0.3, 0.4) is 0 Å². The van der Waals surface area contributed by atoms with E-state index in [-0.39, 0.29) is 36.6 Å². The Balaban J connectivity index is 0.00000253. The highest BCUT2D eigenvalue weighted by Crippen LogP contribution is 2.45. The van der Waals surface area contributed by atoms with Crippen molar-refractivity contribution in [3.05, 3.63) is 65.0 Å². The fraction of sp³-hybridized carbons (Fsp3) is 0.269. The summed E-state index contributed by atoms with van der Waals surface area (Å²) >= 11 is 3.32. The van der Waals surface area contributed by atoms with Gasteiger partial charge >= 0.3 is 0 Å². The van der Waals surface area contributed by atoms with Gasteiger partial charge in [-0.2, -0.15) is 0 Å². The average molecular weight is 525 g/mol. The molecule has 6 rings (SSSR count). The molecule has 35 heavy (non-hydrogen) atoms. The van der Waals surface area contributed by atoms with Gasteiger partial charge < -0.3 is 15.1 Å². The van der Waals surface area contributed by atoms with Gasteiger partial charge in [0.2, 0.25) is 11.8 Å². The number of thiazole rings is 1. The Labute approximate surface area is 218 Å². The molecule has 0 bridgehead atoms. The van der Waals surface area contributed by atoms with Crippen LogP contribution in [0.2, 0.25) is 0 Å². The van der Waals surface area contributed by atoms with Crippen LogP contribution in [0.5, 0.6) is 0 Å². The second-order valence-corrected chi connectivity index (χ2v) is 11.0. The van der Waals surface area contributed by atoms with E-state index in [0.717, 1.165) is 51.0 Å². The number of amides is 2. The molecular weight excluding hydrogens is 500 g/mol. The molecule has 180 valence electrons. The third-order valence-corrected chi connectivity index (χ3v) is 8.74. The van der Waals surface area contributed by atoms with Gasteiger partial charge in [-0.05, 0) is 43.3 Å². The minimum absolute atomic E-state index is 0. The van der Waals surface area contributed by atoms with Gasteiger partial charge in [-0.15, -0.1) is 35.1 Å². The van der Waals surface area contributed by atoms with E-state index in [1.54, 1.807) is 27.6 Å². The van der Waals surface area contributed by atoms with Crippen LogP contribution in [-0.4, -0.2) is 41.8 Å². The standard InChI is InChI=1S/C26H24N4O2S2.ClH/c1-29-12-11-18-21(15-29)34-26(23(18)25-27-19-9-5-6-10-20(19)33-25)28-24(32)16-13-22(31)30(14-16)17-7-3-2-4-8-17;/h2-10,16H,11-15H2,1H3,(H,28,32);1H. The number of para-hydroxylation sites is 2. The normalized spacial score (nSPS) is 17.9. The van der Waals surface area contributed by atoms with Crippen molar-refractivity contribution in [1.29, 1.82) is 0 Å². The quantitative estimate of drug-likeness (QED) is 0.387. The number of likely N-dealkylation sites (N-methyl/N-ethyl adjacent to an activating group) is 1. The molecule has 0 saturated carbocycles. The number of halogens is 1. The zero-order chi connectivity index (χ0) is 23.2. The molecule has 1 N–H and O–H groups in total. The van der Waals surface area contributed by atoms with Crippen LogP contribution in [-0.2, 0) is 22.6 Å². The Hall–Kier alpha value is -2.78. The lowest BCUT2D eigenvalue weighted by atomic mass is 10.0. The molecule has 2 aromatic heterocycles. The number of aromatic nitrogens is 1. The highest BCUT2D eigenvalue weighted by molar-refractivity contribution is 7.22. The number of carbonyl (C=O) groups is 2. The predicted molar refractivity (Wildman–Crippen MR) is 146 cm³/mol. The van der Waals surface area contributed by atoms with E-state index in [2.05, 4.69) is 23.3 Å². The Morgan fingerprint density at radius 2 is 1.86 bits per heavy atom. The zero-order valence-electron chi connectivity index (χ0n) is 19.2.